The van der Waals surface area contributed by atoms with E-state index in [1.165, 1.54) is 30.6 Å². The van der Waals surface area contributed by atoms with Crippen LogP contribution in [-0.4, -0.2) is 41.7 Å². The Morgan fingerprint density at radius 3 is 2.95 bits per heavy atom. The molecular weight excluding hydrogens is 236 g/mol. The second-order valence-corrected chi connectivity index (χ2v) is 6.08. The molecule has 19 heavy (non-hydrogen) atoms. The number of aliphatic hydroxyl groups is 1. The monoisotopic (exact) mass is 260 g/mol. The summed E-state index contributed by atoms with van der Waals surface area (Å²) in [6.45, 7) is 8.05. The molecule has 3 nitrogen and oxygen atoms in total. The second kappa shape index (κ2) is 5.14. The largest absolute Gasteiger partial charge is 0.392 e. The van der Waals surface area contributed by atoms with Crippen molar-refractivity contribution in [3.63, 3.8) is 0 Å². The lowest BCUT2D eigenvalue weighted by atomic mass is 10.0. The summed E-state index contributed by atoms with van der Waals surface area (Å²) in [6.07, 6.45) is 2.66. The molecule has 0 radical (unpaired) electrons. The van der Waals surface area contributed by atoms with Crippen molar-refractivity contribution >= 4 is 5.69 Å². The van der Waals surface area contributed by atoms with Crippen LogP contribution in [0.15, 0.2) is 18.2 Å². The summed E-state index contributed by atoms with van der Waals surface area (Å²) in [6, 6.07) is 7.69. The van der Waals surface area contributed by atoms with Crippen LogP contribution < -0.4 is 4.90 Å². The smallest absolute Gasteiger partial charge is 0.0702 e. The molecule has 3 rings (SSSR count). The summed E-state index contributed by atoms with van der Waals surface area (Å²) < 4.78 is 0. The molecule has 2 heterocycles. The van der Waals surface area contributed by atoms with Gasteiger partial charge >= 0.3 is 0 Å². The third-order valence-electron chi connectivity index (χ3n) is 4.65. The van der Waals surface area contributed by atoms with Crippen LogP contribution in [-0.2, 0) is 6.61 Å². The molecule has 104 valence electrons. The maximum absolute atomic E-state index is 9.61. The zero-order chi connectivity index (χ0) is 13.4. The molecule has 1 N–H and O–H groups in total. The zero-order valence-corrected chi connectivity index (χ0v) is 12.0. The molecule has 0 bridgehead atoms. The lowest BCUT2D eigenvalue weighted by molar-refractivity contribution is 0.202. The summed E-state index contributed by atoms with van der Waals surface area (Å²) in [5.41, 5.74) is 3.52. The Kier molecular flexibility index (Phi) is 3.50. The van der Waals surface area contributed by atoms with E-state index in [9.17, 15) is 5.11 Å². The average Bonchev–Trinajstić information content (AvgIpc) is 2.85. The number of piperazine rings is 1. The standard InChI is InChI=1S/C16H24N2O/c1-12-5-6-16(14(8-12)11-19)18-10-15-4-3-7-17(15)9-13(18)2/h5-6,8,13,15,19H,3-4,7,9-11H2,1-2H3. The molecule has 1 aromatic rings. The Balaban J connectivity index is 1.88. The first-order valence-corrected chi connectivity index (χ1v) is 7.40. The van der Waals surface area contributed by atoms with Crippen molar-refractivity contribution in [2.45, 2.75) is 45.4 Å². The van der Waals surface area contributed by atoms with Crippen molar-refractivity contribution in [3.05, 3.63) is 29.3 Å². The molecule has 2 aliphatic rings. The van der Waals surface area contributed by atoms with Crippen molar-refractivity contribution in [2.75, 3.05) is 24.5 Å². The Morgan fingerprint density at radius 2 is 2.16 bits per heavy atom. The molecular formula is C16H24N2O. The predicted octanol–water partition coefficient (Wildman–Crippen LogP) is 2.16. The average molecular weight is 260 g/mol. The fraction of sp³-hybridized carbons (Fsp3) is 0.625. The van der Waals surface area contributed by atoms with E-state index >= 15 is 0 Å². The fourth-order valence-corrected chi connectivity index (χ4v) is 3.64. The van der Waals surface area contributed by atoms with Gasteiger partial charge in [0.2, 0.25) is 0 Å². The van der Waals surface area contributed by atoms with Crippen molar-refractivity contribution in [1.29, 1.82) is 0 Å². The minimum Gasteiger partial charge on any atom is -0.392 e. The molecule has 2 unspecified atom stereocenters. The van der Waals surface area contributed by atoms with Crippen molar-refractivity contribution < 1.29 is 5.11 Å². The van der Waals surface area contributed by atoms with E-state index in [2.05, 4.69) is 41.8 Å². The van der Waals surface area contributed by atoms with Crippen LogP contribution in [0.2, 0.25) is 0 Å². The first kappa shape index (κ1) is 12.9. The van der Waals surface area contributed by atoms with Crippen molar-refractivity contribution in [1.82, 2.24) is 4.90 Å². The summed E-state index contributed by atoms with van der Waals surface area (Å²) in [7, 11) is 0. The molecule has 1 aromatic carbocycles. The maximum atomic E-state index is 9.61. The van der Waals surface area contributed by atoms with E-state index in [1.54, 1.807) is 0 Å². The molecule has 0 aromatic heterocycles. The summed E-state index contributed by atoms with van der Waals surface area (Å²) in [5, 5.41) is 9.61. The topological polar surface area (TPSA) is 26.7 Å². The molecule has 2 fully saturated rings. The van der Waals surface area contributed by atoms with Crippen LogP contribution in [0, 0.1) is 6.92 Å². The number of nitrogens with zero attached hydrogens (tertiary/aromatic N) is 2. The number of hydrogen-bond donors (Lipinski definition) is 1. The van der Waals surface area contributed by atoms with Gasteiger partial charge in [0, 0.05) is 36.4 Å². The van der Waals surface area contributed by atoms with E-state index < -0.39 is 0 Å². The molecule has 0 saturated carbocycles. The van der Waals surface area contributed by atoms with Crippen LogP contribution in [0.5, 0.6) is 0 Å². The normalized spacial score (nSPS) is 27.6. The maximum Gasteiger partial charge on any atom is 0.0702 e. The third-order valence-corrected chi connectivity index (χ3v) is 4.65. The highest BCUT2D eigenvalue weighted by molar-refractivity contribution is 5.56. The van der Waals surface area contributed by atoms with E-state index in [-0.39, 0.29) is 6.61 Å². The number of fused-ring (bicyclic) bond motifs is 1. The van der Waals surface area contributed by atoms with Gasteiger partial charge in [0.1, 0.15) is 0 Å². The van der Waals surface area contributed by atoms with Gasteiger partial charge in [-0.15, -0.1) is 0 Å². The minimum absolute atomic E-state index is 0.134. The van der Waals surface area contributed by atoms with Gasteiger partial charge in [0.05, 0.1) is 6.61 Å². The summed E-state index contributed by atoms with van der Waals surface area (Å²) in [5.74, 6) is 0. The fourth-order valence-electron chi connectivity index (χ4n) is 3.64. The van der Waals surface area contributed by atoms with Gasteiger partial charge in [-0.05, 0) is 39.3 Å². The number of benzene rings is 1. The first-order valence-electron chi connectivity index (χ1n) is 7.40. The van der Waals surface area contributed by atoms with Crippen molar-refractivity contribution in [3.8, 4) is 0 Å². The second-order valence-electron chi connectivity index (χ2n) is 6.08. The van der Waals surface area contributed by atoms with E-state index in [0.29, 0.717) is 12.1 Å². The Morgan fingerprint density at radius 1 is 1.32 bits per heavy atom. The van der Waals surface area contributed by atoms with E-state index in [0.717, 1.165) is 18.7 Å². The van der Waals surface area contributed by atoms with Crippen LogP contribution in [0.1, 0.15) is 30.9 Å². The van der Waals surface area contributed by atoms with Gasteiger partial charge in [-0.1, -0.05) is 17.7 Å². The molecule has 0 spiro atoms. The van der Waals surface area contributed by atoms with Gasteiger partial charge in [-0.2, -0.15) is 0 Å². The quantitative estimate of drug-likeness (QED) is 0.883. The third kappa shape index (κ3) is 2.37. The van der Waals surface area contributed by atoms with Crippen LogP contribution >= 0.6 is 0 Å². The Labute approximate surface area is 115 Å². The number of hydrogen-bond acceptors (Lipinski definition) is 3. The van der Waals surface area contributed by atoms with Gasteiger partial charge in [0.15, 0.2) is 0 Å². The minimum atomic E-state index is 0.134. The van der Waals surface area contributed by atoms with E-state index in [1.807, 2.05) is 0 Å². The predicted molar refractivity (Wildman–Crippen MR) is 78.5 cm³/mol. The van der Waals surface area contributed by atoms with Crippen LogP contribution in [0.3, 0.4) is 0 Å². The van der Waals surface area contributed by atoms with Crippen molar-refractivity contribution in [2.24, 2.45) is 0 Å². The highest BCUT2D eigenvalue weighted by Crippen LogP contribution is 2.31. The number of aryl methyl sites for hydroxylation is 1. The molecule has 0 aliphatic carbocycles. The highest BCUT2D eigenvalue weighted by Gasteiger charge is 2.34. The number of rotatable bonds is 2. The van der Waals surface area contributed by atoms with E-state index in [4.69, 9.17) is 0 Å². The summed E-state index contributed by atoms with van der Waals surface area (Å²) in [4.78, 5) is 5.13. The molecule has 2 aliphatic heterocycles. The molecule has 2 saturated heterocycles. The highest BCUT2D eigenvalue weighted by atomic mass is 16.3. The molecule has 3 heteroatoms. The van der Waals surface area contributed by atoms with Crippen LogP contribution in [0.4, 0.5) is 5.69 Å². The molecule has 0 amide bonds. The lowest BCUT2D eigenvalue weighted by Crippen LogP contribution is -2.55. The van der Waals surface area contributed by atoms with Gasteiger partial charge in [-0.3, -0.25) is 4.90 Å². The van der Waals surface area contributed by atoms with Gasteiger partial charge < -0.3 is 10.0 Å². The van der Waals surface area contributed by atoms with Gasteiger partial charge in [-0.25, -0.2) is 0 Å². The first-order chi connectivity index (χ1) is 9.19. The lowest BCUT2D eigenvalue weighted by Gasteiger charge is -2.44. The Hall–Kier alpha value is -1.06. The SMILES string of the molecule is Cc1ccc(N2CC3CCCN3CC2C)c(CO)c1. The number of aliphatic hydroxyl groups excluding tert-OH is 1. The summed E-state index contributed by atoms with van der Waals surface area (Å²) >= 11 is 0. The number of anilines is 1. The van der Waals surface area contributed by atoms with Crippen LogP contribution in [0.25, 0.3) is 0 Å². The zero-order valence-electron chi connectivity index (χ0n) is 12.0. The van der Waals surface area contributed by atoms with Gasteiger partial charge in [0.25, 0.3) is 0 Å². The Bertz CT molecular complexity index is 460. The molecule has 2 atom stereocenters.